The number of benzene rings is 1. The smallest absolute Gasteiger partial charge is 0.271 e. The summed E-state index contributed by atoms with van der Waals surface area (Å²) >= 11 is 0. The number of hydrogen-bond donors (Lipinski definition) is 1. The monoisotopic (exact) mass is 359 g/mol. The molecule has 1 saturated heterocycles. The Morgan fingerprint density at radius 2 is 1.88 bits per heavy atom. The molecule has 9 nitrogen and oxygen atoms in total. The number of nitrogens with zero attached hydrogens (tertiary/aromatic N) is 2. The first-order valence-corrected chi connectivity index (χ1v) is 8.05. The number of anilines is 1. The third-order valence-corrected chi connectivity index (χ3v) is 4.57. The lowest BCUT2D eigenvalue weighted by molar-refractivity contribution is -0.384. The zero-order valence-corrected chi connectivity index (χ0v) is 14.0. The molecule has 1 aromatic carbocycles. The Morgan fingerprint density at radius 1 is 1.27 bits per heavy atom. The fraction of sp³-hybridized carbons (Fsp3) is 0.353. The number of imide groups is 1. The highest BCUT2D eigenvalue weighted by Crippen LogP contribution is 2.35. The molecule has 26 heavy (non-hydrogen) atoms. The van der Waals surface area contributed by atoms with E-state index in [4.69, 9.17) is 4.74 Å². The van der Waals surface area contributed by atoms with Crippen molar-refractivity contribution in [1.29, 1.82) is 0 Å². The summed E-state index contributed by atoms with van der Waals surface area (Å²) < 4.78 is 5.08. The van der Waals surface area contributed by atoms with Gasteiger partial charge in [-0.25, -0.2) is 0 Å². The van der Waals surface area contributed by atoms with Crippen LogP contribution in [0.5, 0.6) is 5.75 Å². The van der Waals surface area contributed by atoms with E-state index in [-0.39, 0.29) is 28.9 Å². The molecule has 1 heterocycles. The summed E-state index contributed by atoms with van der Waals surface area (Å²) in [5, 5.41) is 13.4. The van der Waals surface area contributed by atoms with Gasteiger partial charge < -0.3 is 10.1 Å². The molecule has 0 radical (unpaired) electrons. The maximum atomic E-state index is 12.4. The van der Waals surface area contributed by atoms with E-state index in [0.29, 0.717) is 12.8 Å². The topological polar surface area (TPSA) is 119 Å². The minimum atomic E-state index is -0.628. The lowest BCUT2D eigenvalue weighted by Gasteiger charge is -2.15. The maximum Gasteiger partial charge on any atom is 0.271 e. The molecule has 3 rings (SSSR count). The first kappa shape index (κ1) is 17.6. The van der Waals surface area contributed by atoms with Crippen molar-refractivity contribution in [3.05, 3.63) is 40.5 Å². The van der Waals surface area contributed by atoms with Gasteiger partial charge in [0.25, 0.3) is 5.69 Å². The molecule has 0 aromatic heterocycles. The van der Waals surface area contributed by atoms with Crippen LogP contribution in [0.2, 0.25) is 0 Å². The Hall–Kier alpha value is -3.23. The quantitative estimate of drug-likeness (QED) is 0.368. The van der Waals surface area contributed by atoms with Gasteiger partial charge in [-0.05, 0) is 18.9 Å². The minimum Gasteiger partial charge on any atom is -0.495 e. The normalized spacial score (nSPS) is 21.5. The predicted octanol–water partition coefficient (Wildman–Crippen LogP) is 1.49. The van der Waals surface area contributed by atoms with E-state index in [0.717, 1.165) is 11.0 Å². The van der Waals surface area contributed by atoms with E-state index in [1.807, 2.05) is 12.2 Å². The fourth-order valence-electron chi connectivity index (χ4n) is 3.27. The second-order valence-electron chi connectivity index (χ2n) is 6.11. The van der Waals surface area contributed by atoms with Gasteiger partial charge in [0.1, 0.15) is 12.3 Å². The molecule has 0 saturated carbocycles. The maximum absolute atomic E-state index is 12.4. The van der Waals surface area contributed by atoms with Crippen LogP contribution in [0.1, 0.15) is 12.8 Å². The molecule has 136 valence electrons. The average molecular weight is 359 g/mol. The Bertz CT molecular complexity index is 793. The number of non-ortho nitro benzene ring substituents is 1. The minimum absolute atomic E-state index is 0.102. The van der Waals surface area contributed by atoms with Gasteiger partial charge in [0.15, 0.2) is 0 Å². The third-order valence-electron chi connectivity index (χ3n) is 4.57. The van der Waals surface area contributed by atoms with E-state index in [1.54, 1.807) is 0 Å². The van der Waals surface area contributed by atoms with Crippen LogP contribution < -0.4 is 10.1 Å². The standard InChI is InChI=1S/C17H17N3O6/c1-26-14-7-6-10(20(24)25)8-13(14)18-15(21)9-19-16(22)11-4-2-3-5-12(11)17(19)23/h2-3,6-8,11-12H,4-5,9H2,1H3,(H,18,21)/t11-,12+. The molecule has 3 amide bonds. The molecule has 1 fully saturated rings. The second-order valence-corrected chi connectivity index (χ2v) is 6.11. The number of nitrogens with one attached hydrogen (secondary N) is 1. The molecule has 0 bridgehead atoms. The molecule has 0 spiro atoms. The lowest BCUT2D eigenvalue weighted by atomic mass is 9.85. The number of methoxy groups -OCH3 is 1. The van der Waals surface area contributed by atoms with Gasteiger partial charge in [-0.3, -0.25) is 29.4 Å². The number of hydrogen-bond acceptors (Lipinski definition) is 6. The van der Waals surface area contributed by atoms with Crippen LogP contribution in [0.3, 0.4) is 0 Å². The Kier molecular flexibility index (Phi) is 4.70. The highest BCUT2D eigenvalue weighted by Gasteiger charge is 2.47. The van der Waals surface area contributed by atoms with Crippen LogP contribution in [-0.2, 0) is 14.4 Å². The van der Waals surface area contributed by atoms with Crippen LogP contribution in [0.25, 0.3) is 0 Å². The number of fused-ring (bicyclic) bond motifs is 1. The van der Waals surface area contributed by atoms with E-state index < -0.39 is 29.2 Å². The molecular formula is C17H17N3O6. The van der Waals surface area contributed by atoms with E-state index in [9.17, 15) is 24.5 Å². The molecule has 1 aliphatic carbocycles. The molecule has 1 aromatic rings. The van der Waals surface area contributed by atoms with Crippen molar-refractivity contribution in [1.82, 2.24) is 4.90 Å². The number of carbonyl (C=O) groups is 3. The van der Waals surface area contributed by atoms with Gasteiger partial charge in [0.05, 0.1) is 29.6 Å². The van der Waals surface area contributed by atoms with Crippen LogP contribution >= 0.6 is 0 Å². The van der Waals surface area contributed by atoms with Crippen molar-refractivity contribution in [2.24, 2.45) is 11.8 Å². The summed E-state index contributed by atoms with van der Waals surface area (Å²) in [6.07, 6.45) is 4.71. The molecule has 1 aliphatic heterocycles. The predicted molar refractivity (Wildman–Crippen MR) is 90.4 cm³/mol. The van der Waals surface area contributed by atoms with Gasteiger partial charge in [-0.2, -0.15) is 0 Å². The summed E-state index contributed by atoms with van der Waals surface area (Å²) in [6.45, 7) is -0.434. The van der Waals surface area contributed by atoms with Gasteiger partial charge >= 0.3 is 0 Å². The summed E-state index contributed by atoms with van der Waals surface area (Å²) in [5.74, 6) is -1.92. The first-order chi connectivity index (χ1) is 12.4. The van der Waals surface area contributed by atoms with Gasteiger partial charge in [-0.1, -0.05) is 12.2 Å². The number of rotatable bonds is 5. The molecule has 2 aliphatic rings. The summed E-state index contributed by atoms with van der Waals surface area (Å²) in [5.41, 5.74) is -0.114. The summed E-state index contributed by atoms with van der Waals surface area (Å²) in [4.78, 5) is 48.3. The number of carbonyl (C=O) groups excluding carboxylic acids is 3. The van der Waals surface area contributed by atoms with Crippen molar-refractivity contribution in [3.63, 3.8) is 0 Å². The van der Waals surface area contributed by atoms with Crippen LogP contribution in [0, 0.1) is 22.0 Å². The summed E-state index contributed by atoms with van der Waals surface area (Å²) in [7, 11) is 1.36. The molecule has 1 N–H and O–H groups in total. The van der Waals surface area contributed by atoms with E-state index in [1.165, 1.54) is 19.2 Å². The van der Waals surface area contributed by atoms with Crippen molar-refractivity contribution >= 4 is 29.1 Å². The van der Waals surface area contributed by atoms with Gasteiger partial charge in [-0.15, -0.1) is 0 Å². The molecular weight excluding hydrogens is 342 g/mol. The van der Waals surface area contributed by atoms with Gasteiger partial charge in [0.2, 0.25) is 17.7 Å². The van der Waals surface area contributed by atoms with Crippen molar-refractivity contribution in [2.75, 3.05) is 19.0 Å². The molecule has 9 heteroatoms. The second kappa shape index (κ2) is 6.95. The van der Waals surface area contributed by atoms with Crippen LogP contribution in [0.4, 0.5) is 11.4 Å². The van der Waals surface area contributed by atoms with E-state index >= 15 is 0 Å². The number of likely N-dealkylation sites (tertiary alicyclic amines) is 1. The number of ether oxygens (including phenoxy) is 1. The highest BCUT2D eigenvalue weighted by molar-refractivity contribution is 6.09. The zero-order valence-electron chi connectivity index (χ0n) is 14.0. The summed E-state index contributed by atoms with van der Waals surface area (Å²) in [6, 6.07) is 3.77. The molecule has 2 atom stereocenters. The highest BCUT2D eigenvalue weighted by atomic mass is 16.6. The van der Waals surface area contributed by atoms with Gasteiger partial charge in [0, 0.05) is 12.1 Å². The largest absolute Gasteiger partial charge is 0.495 e. The Balaban J connectivity index is 1.73. The SMILES string of the molecule is COc1ccc([N+](=O)[O-])cc1NC(=O)CN1C(=O)[C@H]2CC=CC[C@H]2C1=O. The Labute approximate surface area is 148 Å². The number of amides is 3. The lowest BCUT2D eigenvalue weighted by Crippen LogP contribution is -2.38. The van der Waals surface area contributed by atoms with Crippen molar-refractivity contribution < 1.29 is 24.0 Å². The zero-order chi connectivity index (χ0) is 18.8. The average Bonchev–Trinajstić information content (AvgIpc) is 2.87. The number of nitro groups is 1. The van der Waals surface area contributed by atoms with Crippen molar-refractivity contribution in [2.45, 2.75) is 12.8 Å². The number of allylic oxidation sites excluding steroid dienone is 2. The van der Waals surface area contributed by atoms with E-state index in [2.05, 4.69) is 5.32 Å². The molecule has 0 unspecified atom stereocenters. The van der Waals surface area contributed by atoms with Crippen LogP contribution in [0.15, 0.2) is 30.4 Å². The van der Waals surface area contributed by atoms with Crippen molar-refractivity contribution in [3.8, 4) is 5.75 Å². The number of nitro benzene ring substituents is 1. The third kappa shape index (κ3) is 3.15. The van der Waals surface area contributed by atoms with Crippen LogP contribution in [-0.4, -0.2) is 41.2 Å². The Morgan fingerprint density at radius 3 is 2.42 bits per heavy atom. The first-order valence-electron chi connectivity index (χ1n) is 8.05. The fourth-order valence-corrected chi connectivity index (χ4v) is 3.27.